The molecule has 1 fully saturated rings. The lowest BCUT2D eigenvalue weighted by molar-refractivity contribution is -0.142. The van der Waals surface area contributed by atoms with Crippen molar-refractivity contribution in [3.05, 3.63) is 59.7 Å². The fourth-order valence-corrected chi connectivity index (χ4v) is 4.04. The first-order valence-electron chi connectivity index (χ1n) is 11.7. The summed E-state index contributed by atoms with van der Waals surface area (Å²) in [7, 11) is 1.30. The number of likely N-dealkylation sites (tertiary alicyclic amines) is 1. The van der Waals surface area contributed by atoms with Crippen LogP contribution in [0.2, 0.25) is 0 Å². The van der Waals surface area contributed by atoms with E-state index in [1.165, 1.54) is 7.11 Å². The zero-order valence-corrected chi connectivity index (χ0v) is 20.3. The zero-order valence-electron chi connectivity index (χ0n) is 20.3. The predicted octanol–water partition coefficient (Wildman–Crippen LogP) is 3.24. The van der Waals surface area contributed by atoms with Gasteiger partial charge in [0.05, 0.1) is 20.0 Å². The maximum atomic E-state index is 12.9. The molecule has 3 rings (SSSR count). The molecular formula is C26H32N4O5. The molecule has 0 aromatic heterocycles. The van der Waals surface area contributed by atoms with Crippen molar-refractivity contribution < 1.29 is 23.9 Å². The molecule has 4 amide bonds. The molecule has 1 aliphatic rings. The van der Waals surface area contributed by atoms with Crippen molar-refractivity contribution in [2.75, 3.05) is 24.3 Å². The van der Waals surface area contributed by atoms with Crippen molar-refractivity contribution in [3.63, 3.8) is 0 Å². The average molecular weight is 481 g/mol. The second-order valence-electron chi connectivity index (χ2n) is 8.70. The number of amides is 4. The van der Waals surface area contributed by atoms with Gasteiger partial charge in [0, 0.05) is 24.0 Å². The van der Waals surface area contributed by atoms with E-state index in [1.54, 1.807) is 36.1 Å². The highest BCUT2D eigenvalue weighted by Crippen LogP contribution is 2.20. The van der Waals surface area contributed by atoms with Crippen LogP contribution in [-0.4, -0.2) is 54.5 Å². The normalized spacial score (nSPS) is 15.7. The van der Waals surface area contributed by atoms with Crippen molar-refractivity contribution in [3.8, 4) is 0 Å². The maximum Gasteiger partial charge on any atom is 0.323 e. The molecule has 0 bridgehead atoms. The predicted molar refractivity (Wildman–Crippen MR) is 133 cm³/mol. The van der Waals surface area contributed by atoms with E-state index in [0.717, 1.165) is 23.2 Å². The Morgan fingerprint density at radius 3 is 2.46 bits per heavy atom. The Morgan fingerprint density at radius 2 is 1.77 bits per heavy atom. The summed E-state index contributed by atoms with van der Waals surface area (Å²) in [4.78, 5) is 50.9. The van der Waals surface area contributed by atoms with E-state index in [2.05, 4.69) is 20.7 Å². The average Bonchev–Trinajstić information content (AvgIpc) is 3.32. The Balaban J connectivity index is 1.52. The van der Waals surface area contributed by atoms with E-state index < -0.39 is 12.0 Å². The number of nitrogens with zero attached hydrogens (tertiary/aromatic N) is 1. The molecule has 2 atom stereocenters. The molecule has 0 saturated carbocycles. The number of methoxy groups -OCH3 is 1. The number of aryl methyl sites for hydroxylation is 1. The van der Waals surface area contributed by atoms with E-state index in [4.69, 9.17) is 0 Å². The maximum absolute atomic E-state index is 12.9. The SMILES string of the molecule is COC(=O)CC(C)NC(=O)C1CCCN1C(=O)Cc1ccc(NC(=O)Nc2ccccc2C)cc1. The van der Waals surface area contributed by atoms with Crippen molar-refractivity contribution in [2.24, 2.45) is 0 Å². The van der Waals surface area contributed by atoms with Crippen LogP contribution in [0.15, 0.2) is 48.5 Å². The number of hydrogen-bond acceptors (Lipinski definition) is 5. The highest BCUT2D eigenvalue weighted by molar-refractivity contribution is 6.00. The van der Waals surface area contributed by atoms with Gasteiger partial charge in [-0.2, -0.15) is 0 Å². The van der Waals surface area contributed by atoms with Crippen molar-refractivity contribution >= 4 is 35.2 Å². The molecule has 2 aromatic rings. The number of para-hydroxylation sites is 1. The summed E-state index contributed by atoms with van der Waals surface area (Å²) in [6.45, 7) is 4.16. The highest BCUT2D eigenvalue weighted by Gasteiger charge is 2.34. The minimum atomic E-state index is -0.548. The van der Waals surface area contributed by atoms with Gasteiger partial charge in [0.2, 0.25) is 11.8 Å². The van der Waals surface area contributed by atoms with Crippen LogP contribution < -0.4 is 16.0 Å². The zero-order chi connectivity index (χ0) is 25.4. The number of nitrogens with one attached hydrogen (secondary N) is 3. The number of carbonyl (C=O) groups excluding carboxylic acids is 4. The number of benzene rings is 2. The van der Waals surface area contributed by atoms with Gasteiger partial charge in [-0.05, 0) is 56.0 Å². The molecule has 1 aliphatic heterocycles. The van der Waals surface area contributed by atoms with Gasteiger partial charge in [0.1, 0.15) is 6.04 Å². The van der Waals surface area contributed by atoms with Gasteiger partial charge < -0.3 is 25.6 Å². The number of rotatable bonds is 8. The second kappa shape index (κ2) is 12.0. The smallest absolute Gasteiger partial charge is 0.323 e. The van der Waals surface area contributed by atoms with Gasteiger partial charge >= 0.3 is 12.0 Å². The number of hydrogen-bond donors (Lipinski definition) is 3. The monoisotopic (exact) mass is 480 g/mol. The Labute approximate surface area is 205 Å². The number of urea groups is 1. The third-order valence-electron chi connectivity index (χ3n) is 5.93. The van der Waals surface area contributed by atoms with Crippen LogP contribution in [0.25, 0.3) is 0 Å². The summed E-state index contributed by atoms with van der Waals surface area (Å²) in [6.07, 6.45) is 1.55. The van der Waals surface area contributed by atoms with Gasteiger partial charge in [0.25, 0.3) is 0 Å². The summed E-state index contributed by atoms with van der Waals surface area (Å²) in [6, 6.07) is 13.3. The molecule has 2 unspecified atom stereocenters. The molecule has 3 N–H and O–H groups in total. The Hall–Kier alpha value is -3.88. The number of anilines is 2. The van der Waals surface area contributed by atoms with Gasteiger partial charge in [-0.15, -0.1) is 0 Å². The van der Waals surface area contributed by atoms with E-state index in [0.29, 0.717) is 18.7 Å². The van der Waals surface area contributed by atoms with Crippen LogP contribution in [0.4, 0.5) is 16.2 Å². The van der Waals surface area contributed by atoms with E-state index in [-0.39, 0.29) is 36.7 Å². The van der Waals surface area contributed by atoms with E-state index in [9.17, 15) is 19.2 Å². The summed E-state index contributed by atoms with van der Waals surface area (Å²) in [5, 5.41) is 8.39. The lowest BCUT2D eigenvalue weighted by Gasteiger charge is -2.25. The topological polar surface area (TPSA) is 117 Å². The largest absolute Gasteiger partial charge is 0.469 e. The minimum absolute atomic E-state index is 0.0757. The van der Waals surface area contributed by atoms with Crippen LogP contribution in [0.1, 0.15) is 37.3 Å². The first kappa shape index (κ1) is 25.7. The summed E-state index contributed by atoms with van der Waals surface area (Å²) >= 11 is 0. The Kier molecular flexibility index (Phi) is 8.83. The molecule has 0 spiro atoms. The van der Waals surface area contributed by atoms with Gasteiger partial charge in [-0.25, -0.2) is 4.79 Å². The molecule has 0 radical (unpaired) electrons. The molecular weight excluding hydrogens is 448 g/mol. The molecule has 35 heavy (non-hydrogen) atoms. The molecule has 1 heterocycles. The highest BCUT2D eigenvalue weighted by atomic mass is 16.5. The summed E-state index contributed by atoms with van der Waals surface area (Å²) in [5.41, 5.74) is 3.08. The quantitative estimate of drug-likeness (QED) is 0.502. The van der Waals surface area contributed by atoms with Crippen LogP contribution >= 0.6 is 0 Å². The van der Waals surface area contributed by atoms with Crippen molar-refractivity contribution in [1.29, 1.82) is 0 Å². The summed E-state index contributed by atoms with van der Waals surface area (Å²) < 4.78 is 4.63. The van der Waals surface area contributed by atoms with E-state index in [1.807, 2.05) is 31.2 Å². The van der Waals surface area contributed by atoms with Gasteiger partial charge in [0.15, 0.2) is 0 Å². The number of ether oxygens (including phenoxy) is 1. The van der Waals surface area contributed by atoms with Crippen molar-refractivity contribution in [2.45, 2.75) is 51.6 Å². The lowest BCUT2D eigenvalue weighted by Crippen LogP contribution is -2.49. The molecule has 9 heteroatoms. The Bertz CT molecular complexity index is 1070. The molecule has 9 nitrogen and oxygen atoms in total. The van der Waals surface area contributed by atoms with Crippen molar-refractivity contribution in [1.82, 2.24) is 10.2 Å². The summed E-state index contributed by atoms with van der Waals surface area (Å²) in [5.74, 6) is -0.796. The molecule has 186 valence electrons. The number of esters is 1. The third kappa shape index (κ3) is 7.30. The van der Waals surface area contributed by atoms with Gasteiger partial charge in [-0.1, -0.05) is 30.3 Å². The minimum Gasteiger partial charge on any atom is -0.469 e. The first-order valence-corrected chi connectivity index (χ1v) is 11.7. The second-order valence-corrected chi connectivity index (χ2v) is 8.70. The molecule has 0 aliphatic carbocycles. The number of carbonyl (C=O) groups is 4. The van der Waals surface area contributed by atoms with Crippen LogP contribution in [0, 0.1) is 6.92 Å². The third-order valence-corrected chi connectivity index (χ3v) is 5.93. The fraction of sp³-hybridized carbons (Fsp3) is 0.385. The first-order chi connectivity index (χ1) is 16.8. The lowest BCUT2D eigenvalue weighted by atomic mass is 10.1. The van der Waals surface area contributed by atoms with Crippen LogP contribution in [0.5, 0.6) is 0 Å². The molecule has 1 saturated heterocycles. The Morgan fingerprint density at radius 1 is 1.06 bits per heavy atom. The molecule has 2 aromatic carbocycles. The van der Waals surface area contributed by atoms with E-state index >= 15 is 0 Å². The fourth-order valence-electron chi connectivity index (χ4n) is 4.04. The standard InChI is InChI=1S/C26H32N4O5/c1-17-7-4-5-8-21(17)29-26(34)28-20-12-10-19(11-13-20)16-23(31)30-14-6-9-22(30)25(33)27-18(2)15-24(32)35-3/h4-5,7-8,10-13,18,22H,6,9,14-16H2,1-3H3,(H,27,33)(H2,28,29,34). The van der Waals surface area contributed by atoms with Gasteiger partial charge in [-0.3, -0.25) is 14.4 Å². The van der Waals surface area contributed by atoms with Crippen LogP contribution in [-0.2, 0) is 25.5 Å². The van der Waals surface area contributed by atoms with Crippen LogP contribution in [0.3, 0.4) is 0 Å².